The standard InChI is InChI=1S/C21H24ClN5OS2/c1-25-20(18-4-2-13-29-18)23-24-21(25)30-15-19(28)27-10-3-9-26(11-12-27)14-16-5-7-17(22)8-6-16/h2,4-8,13H,3,9-12,14-15H2,1H3. The van der Waals surface area contributed by atoms with Crippen LogP contribution in [0.15, 0.2) is 46.9 Å². The van der Waals surface area contributed by atoms with Crippen molar-refractivity contribution in [2.24, 2.45) is 7.05 Å². The number of benzene rings is 1. The number of carbonyl (C=O) groups excluding carboxylic acids is 1. The van der Waals surface area contributed by atoms with Crippen molar-refractivity contribution in [3.63, 3.8) is 0 Å². The summed E-state index contributed by atoms with van der Waals surface area (Å²) in [5.74, 6) is 1.38. The molecular weight excluding hydrogens is 438 g/mol. The maximum atomic E-state index is 12.8. The van der Waals surface area contributed by atoms with Gasteiger partial charge in [-0.2, -0.15) is 0 Å². The van der Waals surface area contributed by atoms with Gasteiger partial charge in [-0.3, -0.25) is 9.69 Å². The molecule has 1 fully saturated rings. The van der Waals surface area contributed by atoms with E-state index < -0.39 is 0 Å². The summed E-state index contributed by atoms with van der Waals surface area (Å²) in [5.41, 5.74) is 1.25. The van der Waals surface area contributed by atoms with Crippen LogP contribution in [-0.4, -0.2) is 62.4 Å². The van der Waals surface area contributed by atoms with E-state index in [9.17, 15) is 4.79 Å². The normalized spacial score (nSPS) is 15.3. The molecule has 0 saturated carbocycles. The van der Waals surface area contributed by atoms with Gasteiger partial charge in [-0.25, -0.2) is 0 Å². The Labute approximate surface area is 189 Å². The highest BCUT2D eigenvalue weighted by molar-refractivity contribution is 7.99. The highest BCUT2D eigenvalue weighted by atomic mass is 35.5. The van der Waals surface area contributed by atoms with Gasteiger partial charge in [0.2, 0.25) is 5.91 Å². The zero-order chi connectivity index (χ0) is 20.9. The van der Waals surface area contributed by atoms with Crippen molar-refractivity contribution in [1.82, 2.24) is 24.6 Å². The molecule has 0 spiro atoms. The van der Waals surface area contributed by atoms with Crippen molar-refractivity contribution >= 4 is 40.6 Å². The Kier molecular flexibility index (Phi) is 7.09. The number of aromatic nitrogens is 3. The smallest absolute Gasteiger partial charge is 0.233 e. The first-order chi connectivity index (χ1) is 14.6. The average molecular weight is 462 g/mol. The topological polar surface area (TPSA) is 54.3 Å². The number of amides is 1. The van der Waals surface area contributed by atoms with Crippen LogP contribution in [-0.2, 0) is 18.4 Å². The Morgan fingerprint density at radius 3 is 2.73 bits per heavy atom. The molecule has 1 amide bonds. The van der Waals surface area contributed by atoms with Crippen LogP contribution >= 0.6 is 34.7 Å². The molecule has 6 nitrogen and oxygen atoms in total. The Hall–Kier alpha value is -1.87. The molecule has 0 unspecified atom stereocenters. The molecule has 0 aliphatic carbocycles. The van der Waals surface area contributed by atoms with Gasteiger partial charge in [-0.05, 0) is 35.6 Å². The lowest BCUT2D eigenvalue weighted by atomic mass is 10.2. The second kappa shape index (κ2) is 9.96. The molecule has 0 N–H and O–H groups in total. The van der Waals surface area contributed by atoms with Crippen LogP contribution in [0.5, 0.6) is 0 Å². The molecule has 1 aliphatic heterocycles. The average Bonchev–Trinajstić information content (AvgIpc) is 3.33. The molecule has 3 heterocycles. The molecule has 3 aromatic rings. The number of hydrogen-bond donors (Lipinski definition) is 0. The van der Waals surface area contributed by atoms with Crippen LogP contribution in [0, 0.1) is 0 Å². The van der Waals surface area contributed by atoms with E-state index in [-0.39, 0.29) is 5.91 Å². The van der Waals surface area contributed by atoms with Gasteiger partial charge in [0.05, 0.1) is 10.6 Å². The maximum Gasteiger partial charge on any atom is 0.233 e. The minimum absolute atomic E-state index is 0.161. The monoisotopic (exact) mass is 461 g/mol. The largest absolute Gasteiger partial charge is 0.341 e. The molecule has 0 bridgehead atoms. The van der Waals surface area contributed by atoms with Gasteiger partial charge in [-0.1, -0.05) is 41.6 Å². The van der Waals surface area contributed by atoms with E-state index >= 15 is 0 Å². The number of hydrogen-bond acceptors (Lipinski definition) is 6. The Morgan fingerprint density at radius 2 is 1.97 bits per heavy atom. The van der Waals surface area contributed by atoms with Crippen molar-refractivity contribution in [2.75, 3.05) is 31.9 Å². The SMILES string of the molecule is Cn1c(SCC(=O)N2CCCN(Cc3ccc(Cl)cc3)CC2)nnc1-c1cccs1. The maximum absolute atomic E-state index is 12.8. The van der Waals surface area contributed by atoms with Gasteiger partial charge < -0.3 is 9.47 Å². The van der Waals surface area contributed by atoms with Crippen molar-refractivity contribution in [3.8, 4) is 10.7 Å². The van der Waals surface area contributed by atoms with E-state index in [1.807, 2.05) is 46.2 Å². The van der Waals surface area contributed by atoms with Crippen molar-refractivity contribution in [2.45, 2.75) is 18.1 Å². The fourth-order valence-electron chi connectivity index (χ4n) is 3.50. The van der Waals surface area contributed by atoms with E-state index in [1.165, 1.54) is 17.3 Å². The summed E-state index contributed by atoms with van der Waals surface area (Å²) in [5, 5.41) is 12.1. The molecule has 0 radical (unpaired) electrons. The van der Waals surface area contributed by atoms with Crippen molar-refractivity contribution in [3.05, 3.63) is 52.4 Å². The van der Waals surface area contributed by atoms with Gasteiger partial charge >= 0.3 is 0 Å². The molecule has 1 aromatic carbocycles. The summed E-state index contributed by atoms with van der Waals surface area (Å²) in [6, 6.07) is 12.0. The third-order valence-corrected chi connectivity index (χ3v) is 7.28. The lowest BCUT2D eigenvalue weighted by molar-refractivity contribution is -0.128. The number of thiophene rings is 1. The summed E-state index contributed by atoms with van der Waals surface area (Å²) < 4.78 is 1.96. The fourth-order valence-corrected chi connectivity index (χ4v) is 5.19. The molecule has 158 valence electrons. The summed E-state index contributed by atoms with van der Waals surface area (Å²) in [6.45, 7) is 4.32. The zero-order valence-electron chi connectivity index (χ0n) is 16.8. The van der Waals surface area contributed by atoms with E-state index in [2.05, 4.69) is 27.2 Å². The number of rotatable bonds is 6. The lowest BCUT2D eigenvalue weighted by Gasteiger charge is -2.22. The molecular formula is C21H24ClN5OS2. The number of nitrogens with zero attached hydrogens (tertiary/aromatic N) is 5. The lowest BCUT2D eigenvalue weighted by Crippen LogP contribution is -2.36. The summed E-state index contributed by atoms with van der Waals surface area (Å²) in [6.07, 6.45) is 0.983. The highest BCUT2D eigenvalue weighted by Gasteiger charge is 2.20. The molecule has 1 aliphatic rings. The van der Waals surface area contributed by atoms with Gasteiger partial charge in [0.25, 0.3) is 0 Å². The van der Waals surface area contributed by atoms with Gasteiger partial charge in [-0.15, -0.1) is 21.5 Å². The highest BCUT2D eigenvalue weighted by Crippen LogP contribution is 2.26. The summed E-state index contributed by atoms with van der Waals surface area (Å²) in [4.78, 5) is 18.3. The quantitative estimate of drug-likeness (QED) is 0.519. The van der Waals surface area contributed by atoms with Crippen LogP contribution in [0.25, 0.3) is 10.7 Å². The molecule has 30 heavy (non-hydrogen) atoms. The van der Waals surface area contributed by atoms with E-state index in [0.29, 0.717) is 5.75 Å². The van der Waals surface area contributed by atoms with Crippen LogP contribution in [0.4, 0.5) is 0 Å². The minimum atomic E-state index is 0.161. The number of halogens is 1. The molecule has 4 rings (SSSR count). The van der Waals surface area contributed by atoms with Crippen LogP contribution in [0.1, 0.15) is 12.0 Å². The van der Waals surface area contributed by atoms with E-state index in [4.69, 9.17) is 11.6 Å². The summed E-state index contributed by atoms with van der Waals surface area (Å²) in [7, 11) is 1.95. The van der Waals surface area contributed by atoms with Crippen molar-refractivity contribution in [1.29, 1.82) is 0 Å². The first kappa shape index (κ1) is 21.4. The fraction of sp³-hybridized carbons (Fsp3) is 0.381. The molecule has 2 aromatic heterocycles. The van der Waals surface area contributed by atoms with Gasteiger partial charge in [0.1, 0.15) is 0 Å². The number of carbonyl (C=O) groups is 1. The van der Waals surface area contributed by atoms with E-state index in [1.54, 1.807) is 11.3 Å². The van der Waals surface area contributed by atoms with E-state index in [0.717, 1.165) is 60.0 Å². The molecule has 1 saturated heterocycles. The third kappa shape index (κ3) is 5.24. The molecule has 9 heteroatoms. The van der Waals surface area contributed by atoms with Crippen LogP contribution < -0.4 is 0 Å². The van der Waals surface area contributed by atoms with Crippen LogP contribution in [0.3, 0.4) is 0 Å². The Morgan fingerprint density at radius 1 is 1.13 bits per heavy atom. The number of thioether (sulfide) groups is 1. The van der Waals surface area contributed by atoms with Crippen molar-refractivity contribution < 1.29 is 4.79 Å². The van der Waals surface area contributed by atoms with Gasteiger partial charge in [0.15, 0.2) is 11.0 Å². The Balaban J connectivity index is 1.29. The Bertz CT molecular complexity index is 974. The summed E-state index contributed by atoms with van der Waals surface area (Å²) >= 11 is 9.07. The second-order valence-corrected chi connectivity index (χ2v) is 9.59. The predicted molar refractivity (Wildman–Crippen MR) is 123 cm³/mol. The molecule has 0 atom stereocenters. The first-order valence-electron chi connectivity index (χ1n) is 9.91. The predicted octanol–water partition coefficient (Wildman–Crippen LogP) is 4.02. The van der Waals surface area contributed by atoms with Crippen LogP contribution in [0.2, 0.25) is 5.02 Å². The second-order valence-electron chi connectivity index (χ2n) is 7.27. The van der Waals surface area contributed by atoms with Gasteiger partial charge in [0, 0.05) is 44.8 Å². The zero-order valence-corrected chi connectivity index (χ0v) is 19.2. The third-order valence-electron chi connectivity index (χ3n) is 5.16. The minimum Gasteiger partial charge on any atom is -0.341 e. The first-order valence-corrected chi connectivity index (χ1v) is 12.1.